The lowest BCUT2D eigenvalue weighted by Crippen LogP contribution is -2.35. The van der Waals surface area contributed by atoms with Crippen LogP contribution in [0, 0.1) is 0 Å². The van der Waals surface area contributed by atoms with Crippen molar-refractivity contribution in [3.05, 3.63) is 23.3 Å². The first kappa shape index (κ1) is 14.3. The topological polar surface area (TPSA) is 43.7 Å². The molecule has 1 aliphatic rings. The second-order valence-electron chi connectivity index (χ2n) is 4.39. The summed E-state index contributed by atoms with van der Waals surface area (Å²) in [6.45, 7) is 6.43. The lowest BCUT2D eigenvalue weighted by Gasteiger charge is -2.25. The molecule has 0 saturated carbocycles. The Morgan fingerprint density at radius 1 is 1.06 bits per heavy atom. The largest absolute Gasteiger partial charge is 0.504 e. The van der Waals surface area contributed by atoms with E-state index in [2.05, 4.69) is 18.7 Å². The van der Waals surface area contributed by atoms with Gasteiger partial charge in [-0.25, -0.2) is 0 Å². The highest BCUT2D eigenvalue weighted by molar-refractivity contribution is 8.93. The van der Waals surface area contributed by atoms with Crippen LogP contribution < -0.4 is 0 Å². The summed E-state index contributed by atoms with van der Waals surface area (Å²) < 4.78 is 0. The van der Waals surface area contributed by atoms with Crippen LogP contribution in [0.3, 0.4) is 0 Å². The highest BCUT2D eigenvalue weighted by Gasteiger charge is 2.26. The molecule has 0 aromatic heterocycles. The first-order valence-electron chi connectivity index (χ1n) is 5.93. The quantitative estimate of drug-likeness (QED) is 0.843. The second kappa shape index (κ2) is 5.74. The molecule has 0 radical (unpaired) electrons. The number of phenols is 2. The Morgan fingerprint density at radius 3 is 1.82 bits per heavy atom. The van der Waals surface area contributed by atoms with Gasteiger partial charge in [-0.05, 0) is 49.2 Å². The summed E-state index contributed by atoms with van der Waals surface area (Å²) in [6, 6.07) is 3.92. The predicted octanol–water partition coefficient (Wildman–Crippen LogP) is 2.48. The summed E-state index contributed by atoms with van der Waals surface area (Å²) in [5.74, 6) is -0.00195. The Bertz CT molecular complexity index is 360. The van der Waals surface area contributed by atoms with Crippen molar-refractivity contribution < 1.29 is 10.2 Å². The fourth-order valence-electron chi connectivity index (χ4n) is 2.62. The van der Waals surface area contributed by atoms with Crippen LogP contribution >= 0.6 is 17.0 Å². The number of phenolic OH excluding ortho intramolecular Hbond substituents is 2. The van der Waals surface area contributed by atoms with Crippen LogP contribution in [-0.4, -0.2) is 34.2 Å². The van der Waals surface area contributed by atoms with E-state index in [0.29, 0.717) is 6.04 Å². The summed E-state index contributed by atoms with van der Waals surface area (Å²) in [6.07, 6.45) is 1.95. The van der Waals surface area contributed by atoms with Crippen LogP contribution in [0.15, 0.2) is 12.1 Å². The third kappa shape index (κ3) is 2.75. The molecule has 0 amide bonds. The van der Waals surface area contributed by atoms with Gasteiger partial charge in [-0.2, -0.15) is 0 Å². The number of likely N-dealkylation sites (N-methyl/N-ethyl adjacent to an activating group) is 1. The first-order valence-corrected chi connectivity index (χ1v) is 5.93. The van der Waals surface area contributed by atoms with Crippen molar-refractivity contribution in [1.82, 2.24) is 4.90 Å². The molecule has 17 heavy (non-hydrogen) atoms. The number of halogens is 1. The zero-order chi connectivity index (χ0) is 11.7. The van der Waals surface area contributed by atoms with E-state index in [9.17, 15) is 10.2 Å². The molecule has 0 aliphatic heterocycles. The molecule has 1 aliphatic carbocycles. The van der Waals surface area contributed by atoms with E-state index >= 15 is 0 Å². The van der Waals surface area contributed by atoms with Gasteiger partial charge in [-0.3, -0.25) is 0 Å². The highest BCUT2D eigenvalue weighted by Crippen LogP contribution is 2.34. The van der Waals surface area contributed by atoms with Gasteiger partial charge < -0.3 is 15.1 Å². The van der Waals surface area contributed by atoms with Crippen LogP contribution in [0.4, 0.5) is 0 Å². The zero-order valence-corrected chi connectivity index (χ0v) is 12.0. The molecule has 4 heteroatoms. The summed E-state index contributed by atoms with van der Waals surface area (Å²) in [4.78, 5) is 2.42. The van der Waals surface area contributed by atoms with Gasteiger partial charge in [0.15, 0.2) is 11.5 Å². The Kier molecular flexibility index (Phi) is 4.83. The normalized spacial score (nSPS) is 14.8. The smallest absolute Gasteiger partial charge is 0.157 e. The maximum absolute atomic E-state index is 9.46. The van der Waals surface area contributed by atoms with Crippen molar-refractivity contribution in [2.24, 2.45) is 0 Å². The lowest BCUT2D eigenvalue weighted by atomic mass is 10.1. The molecule has 2 rings (SSSR count). The van der Waals surface area contributed by atoms with Crippen LogP contribution in [0.1, 0.15) is 25.0 Å². The number of benzene rings is 1. The van der Waals surface area contributed by atoms with Crippen molar-refractivity contribution >= 4 is 17.0 Å². The van der Waals surface area contributed by atoms with Crippen LogP contribution in [0.2, 0.25) is 0 Å². The van der Waals surface area contributed by atoms with Gasteiger partial charge in [-0.15, -0.1) is 17.0 Å². The van der Waals surface area contributed by atoms with E-state index < -0.39 is 0 Å². The van der Waals surface area contributed by atoms with Gasteiger partial charge in [-0.1, -0.05) is 13.8 Å². The molecule has 0 spiro atoms. The van der Waals surface area contributed by atoms with E-state index in [1.165, 1.54) is 11.1 Å². The Hall–Kier alpha value is -0.740. The average molecular weight is 302 g/mol. The minimum Gasteiger partial charge on any atom is -0.504 e. The molecular weight excluding hydrogens is 282 g/mol. The fraction of sp³-hybridized carbons (Fsp3) is 0.538. The lowest BCUT2D eigenvalue weighted by molar-refractivity contribution is 0.223. The number of aromatic hydroxyl groups is 2. The summed E-state index contributed by atoms with van der Waals surface area (Å²) in [7, 11) is 0. The third-order valence-corrected chi connectivity index (χ3v) is 3.54. The first-order chi connectivity index (χ1) is 7.65. The number of hydrogen-bond acceptors (Lipinski definition) is 3. The summed E-state index contributed by atoms with van der Waals surface area (Å²) in [5, 5.41) is 18.9. The third-order valence-electron chi connectivity index (χ3n) is 3.54. The average Bonchev–Trinajstić information content (AvgIpc) is 2.63. The van der Waals surface area contributed by atoms with E-state index in [1.807, 2.05) is 0 Å². The maximum atomic E-state index is 9.46. The molecule has 1 aromatic rings. The maximum Gasteiger partial charge on any atom is 0.157 e. The van der Waals surface area contributed by atoms with Gasteiger partial charge >= 0.3 is 0 Å². The van der Waals surface area contributed by atoms with Crippen molar-refractivity contribution in [2.45, 2.75) is 32.7 Å². The molecule has 0 unspecified atom stereocenters. The molecule has 0 bridgehead atoms. The zero-order valence-electron chi connectivity index (χ0n) is 10.3. The molecule has 0 fully saturated rings. The molecule has 1 aromatic carbocycles. The van der Waals surface area contributed by atoms with Crippen LogP contribution in [0.5, 0.6) is 11.5 Å². The van der Waals surface area contributed by atoms with Gasteiger partial charge in [0.2, 0.25) is 0 Å². The van der Waals surface area contributed by atoms with Gasteiger partial charge in [0.1, 0.15) is 0 Å². The molecule has 0 atom stereocenters. The highest BCUT2D eigenvalue weighted by atomic mass is 79.9. The Labute approximate surface area is 113 Å². The predicted molar refractivity (Wildman–Crippen MR) is 74.2 cm³/mol. The Balaban J connectivity index is 0.00000144. The van der Waals surface area contributed by atoms with Gasteiger partial charge in [0.25, 0.3) is 0 Å². The van der Waals surface area contributed by atoms with Crippen LogP contribution in [0.25, 0.3) is 0 Å². The fourth-order valence-corrected chi connectivity index (χ4v) is 2.62. The Morgan fingerprint density at radius 2 is 1.47 bits per heavy atom. The van der Waals surface area contributed by atoms with E-state index in [4.69, 9.17) is 0 Å². The molecular formula is C13H20BrNO2. The summed E-state index contributed by atoms with van der Waals surface area (Å²) in [5.41, 5.74) is 2.35. The van der Waals surface area contributed by atoms with Crippen molar-refractivity contribution in [2.75, 3.05) is 13.1 Å². The molecule has 3 nitrogen and oxygen atoms in total. The molecule has 0 saturated heterocycles. The monoisotopic (exact) mass is 301 g/mol. The second-order valence-corrected chi connectivity index (χ2v) is 4.39. The SMILES string of the molecule is Br.CCN(CC)C1Cc2cc(O)c(O)cc2C1. The molecule has 96 valence electrons. The van der Waals surface area contributed by atoms with Crippen molar-refractivity contribution in [3.63, 3.8) is 0 Å². The molecule has 0 heterocycles. The standard InChI is InChI=1S/C13H19NO2.BrH/c1-3-14(4-2)11-5-9-7-12(15)13(16)8-10(9)6-11;/h7-8,11,15-16H,3-6H2,1-2H3;1H. The van der Waals surface area contributed by atoms with E-state index in [0.717, 1.165) is 25.9 Å². The van der Waals surface area contributed by atoms with E-state index in [1.54, 1.807) is 12.1 Å². The van der Waals surface area contributed by atoms with Crippen molar-refractivity contribution in [3.8, 4) is 11.5 Å². The minimum absolute atomic E-state index is 0. The van der Waals surface area contributed by atoms with Crippen molar-refractivity contribution in [1.29, 1.82) is 0 Å². The molecule has 2 N–H and O–H groups in total. The number of hydrogen-bond donors (Lipinski definition) is 2. The number of nitrogens with zero attached hydrogens (tertiary/aromatic N) is 1. The summed E-state index contributed by atoms with van der Waals surface area (Å²) >= 11 is 0. The van der Waals surface area contributed by atoms with Crippen LogP contribution in [-0.2, 0) is 12.8 Å². The minimum atomic E-state index is -0.000975. The number of fused-ring (bicyclic) bond motifs is 1. The van der Waals surface area contributed by atoms with E-state index in [-0.39, 0.29) is 28.5 Å². The van der Waals surface area contributed by atoms with Gasteiger partial charge in [0, 0.05) is 6.04 Å². The van der Waals surface area contributed by atoms with Gasteiger partial charge in [0.05, 0.1) is 0 Å². The number of rotatable bonds is 3.